The Morgan fingerprint density at radius 3 is 2.02 bits per heavy atom. The molecular weight excluding hydrogens is 584 g/mol. The number of anilines is 1. The summed E-state index contributed by atoms with van der Waals surface area (Å²) in [7, 11) is 1.95. The van der Waals surface area contributed by atoms with Crippen LogP contribution < -0.4 is 15.4 Å². The van der Waals surface area contributed by atoms with Gasteiger partial charge in [-0.15, -0.1) is 0 Å². The summed E-state index contributed by atoms with van der Waals surface area (Å²) in [5.41, 5.74) is 3.00. The first-order chi connectivity index (χ1) is 20.3. The summed E-state index contributed by atoms with van der Waals surface area (Å²) >= 11 is 0. The van der Waals surface area contributed by atoms with Gasteiger partial charge in [0.2, 0.25) is 0 Å². The Morgan fingerprint density at radius 1 is 0.884 bits per heavy atom. The number of ether oxygens (including phenoxy) is 3. The number of nitrogens with two attached hydrogens (primary N) is 1. The smallest absolute Gasteiger partial charge is 0.416 e. The van der Waals surface area contributed by atoms with E-state index in [1.165, 1.54) is 12.1 Å². The summed E-state index contributed by atoms with van der Waals surface area (Å²) < 4.78 is 98.8. The van der Waals surface area contributed by atoms with Crippen LogP contribution in [0.3, 0.4) is 0 Å². The minimum atomic E-state index is -5.11. The Labute approximate surface area is 239 Å². The van der Waals surface area contributed by atoms with Crippen molar-refractivity contribution < 1.29 is 50.1 Å². The maximum Gasteiger partial charge on any atom is 0.416 e. The van der Waals surface area contributed by atoms with Crippen molar-refractivity contribution in [3.63, 3.8) is 0 Å². The van der Waals surface area contributed by atoms with E-state index in [1.54, 1.807) is 18.2 Å². The Bertz CT molecular complexity index is 1690. The van der Waals surface area contributed by atoms with Crippen molar-refractivity contribution in [3.8, 4) is 17.6 Å². The van der Waals surface area contributed by atoms with Crippen LogP contribution in [-0.2, 0) is 25.2 Å². The lowest BCUT2D eigenvalue weighted by Gasteiger charge is -2.36. The maximum atomic E-state index is 15.3. The zero-order valence-electron chi connectivity index (χ0n) is 22.1. The number of nitriles is 1. The third-order valence-corrected chi connectivity index (χ3v) is 6.33. The predicted molar refractivity (Wildman–Crippen MR) is 137 cm³/mol. The van der Waals surface area contributed by atoms with Gasteiger partial charge in [-0.05, 0) is 29.8 Å². The molecule has 222 valence electrons. The second-order valence-corrected chi connectivity index (χ2v) is 8.79. The highest BCUT2D eigenvalue weighted by atomic mass is 19.4. The van der Waals surface area contributed by atoms with E-state index in [0.717, 1.165) is 32.4 Å². The Morgan fingerprint density at radius 2 is 1.49 bits per heavy atom. The molecule has 1 aliphatic rings. The molecule has 3 aromatic rings. The number of rotatable bonds is 6. The molecule has 14 heteroatoms. The van der Waals surface area contributed by atoms with Crippen LogP contribution in [-0.4, -0.2) is 26.2 Å². The molecule has 0 aromatic heterocycles. The number of halogens is 6. The third kappa shape index (κ3) is 5.56. The number of carbonyl (C=O) groups is 2. The predicted octanol–water partition coefficient (Wildman–Crippen LogP) is 5.81. The molecule has 2 N–H and O–H groups in total. The molecular formula is C29H19F6N3O5. The van der Waals surface area contributed by atoms with Gasteiger partial charge in [0.25, 0.3) is 0 Å². The zero-order valence-corrected chi connectivity index (χ0v) is 22.1. The van der Waals surface area contributed by atoms with E-state index in [2.05, 4.69) is 0 Å². The normalized spacial score (nSPS) is 15.2. The van der Waals surface area contributed by atoms with Gasteiger partial charge in [0.05, 0.1) is 48.6 Å². The highest BCUT2D eigenvalue weighted by molar-refractivity contribution is 6.06. The first-order valence-electron chi connectivity index (χ1n) is 12.0. The van der Waals surface area contributed by atoms with Crippen molar-refractivity contribution in [2.75, 3.05) is 19.1 Å². The van der Waals surface area contributed by atoms with E-state index in [9.17, 15) is 36.8 Å². The van der Waals surface area contributed by atoms with Crippen LogP contribution in [0.1, 0.15) is 17.0 Å². The molecule has 1 aliphatic heterocycles. The lowest BCUT2D eigenvalue weighted by atomic mass is 9.81. The van der Waals surface area contributed by atoms with Crippen LogP contribution in [0, 0.1) is 28.8 Å². The van der Waals surface area contributed by atoms with E-state index in [4.69, 9.17) is 19.9 Å². The van der Waals surface area contributed by atoms with E-state index >= 15 is 4.39 Å². The van der Waals surface area contributed by atoms with Crippen molar-refractivity contribution >= 4 is 17.6 Å². The van der Waals surface area contributed by atoms with Gasteiger partial charge < -0.3 is 19.9 Å². The van der Waals surface area contributed by atoms with Crippen LogP contribution >= 0.6 is 0 Å². The minimum absolute atomic E-state index is 0.0541. The molecule has 0 bridgehead atoms. The van der Waals surface area contributed by atoms with Crippen molar-refractivity contribution in [2.45, 2.75) is 12.1 Å². The van der Waals surface area contributed by atoms with Crippen molar-refractivity contribution in [1.82, 2.24) is 0 Å². The number of para-hydroxylation sites is 1. The van der Waals surface area contributed by atoms with Gasteiger partial charge in [0.15, 0.2) is 29.0 Å². The highest BCUT2D eigenvalue weighted by Gasteiger charge is 2.44. The van der Waals surface area contributed by atoms with Gasteiger partial charge in [-0.25, -0.2) is 22.8 Å². The Hall–Kier alpha value is -5.45. The van der Waals surface area contributed by atoms with Crippen LogP contribution in [0.4, 0.5) is 32.0 Å². The Balaban J connectivity index is 2.03. The number of nitrogens with zero attached hydrogens (tertiary/aromatic N) is 2. The number of allylic oxidation sites excluding steroid dienone is 1. The number of carbonyl (C=O) groups excluding carboxylic acids is 2. The first kappa shape index (κ1) is 30.5. The van der Waals surface area contributed by atoms with E-state index in [0.29, 0.717) is 10.5 Å². The number of alkyl halides is 3. The molecule has 0 spiro atoms. The molecule has 0 saturated carbocycles. The average molecular weight is 603 g/mol. The summed E-state index contributed by atoms with van der Waals surface area (Å²) in [6, 6.07) is 12.6. The van der Waals surface area contributed by atoms with Gasteiger partial charge in [0, 0.05) is 0 Å². The SMILES string of the molecule is COC(=O)C1=C(C(=O)OC)N(c2cccc(F)c2Oc2c(F)cc(C(F)(F)F)cc2F)C(N)=C(C#N)C1c1ccccc1. The number of benzene rings is 3. The lowest BCUT2D eigenvalue weighted by molar-refractivity contribution is -0.139. The van der Waals surface area contributed by atoms with Gasteiger partial charge in [-0.1, -0.05) is 36.4 Å². The van der Waals surface area contributed by atoms with Crippen molar-refractivity contribution in [3.05, 3.63) is 112 Å². The van der Waals surface area contributed by atoms with E-state index in [-0.39, 0.29) is 17.7 Å². The minimum Gasteiger partial charge on any atom is -0.466 e. The molecule has 0 fully saturated rings. The fraction of sp³-hybridized carbons (Fsp3) is 0.138. The first-order valence-corrected chi connectivity index (χ1v) is 12.0. The monoisotopic (exact) mass is 603 g/mol. The van der Waals surface area contributed by atoms with Gasteiger partial charge in [-0.2, -0.15) is 18.4 Å². The number of methoxy groups -OCH3 is 2. The molecule has 1 atom stereocenters. The lowest BCUT2D eigenvalue weighted by Crippen LogP contribution is -2.41. The second kappa shape index (κ2) is 11.8. The summed E-state index contributed by atoms with van der Waals surface area (Å²) in [4.78, 5) is 27.1. The van der Waals surface area contributed by atoms with Crippen LogP contribution in [0.2, 0.25) is 0 Å². The topological polar surface area (TPSA) is 115 Å². The number of hydrogen-bond donors (Lipinski definition) is 1. The molecule has 8 nitrogen and oxygen atoms in total. The summed E-state index contributed by atoms with van der Waals surface area (Å²) in [5.74, 6) is -11.6. The van der Waals surface area contributed by atoms with Crippen LogP contribution in [0.15, 0.2) is 83.3 Å². The zero-order chi connectivity index (χ0) is 31.6. The van der Waals surface area contributed by atoms with Crippen LogP contribution in [0.25, 0.3) is 0 Å². The molecule has 1 heterocycles. The molecule has 3 aromatic carbocycles. The fourth-order valence-corrected chi connectivity index (χ4v) is 4.46. The highest BCUT2D eigenvalue weighted by Crippen LogP contribution is 2.47. The molecule has 0 aliphatic carbocycles. The van der Waals surface area contributed by atoms with Crippen molar-refractivity contribution in [1.29, 1.82) is 5.26 Å². The molecule has 0 saturated heterocycles. The summed E-state index contributed by atoms with van der Waals surface area (Å²) in [5, 5.41) is 10.1. The molecule has 0 amide bonds. The average Bonchev–Trinajstić information content (AvgIpc) is 2.98. The van der Waals surface area contributed by atoms with E-state index < -0.39 is 81.3 Å². The fourth-order valence-electron chi connectivity index (χ4n) is 4.46. The number of esters is 2. The van der Waals surface area contributed by atoms with Gasteiger partial charge >= 0.3 is 18.1 Å². The molecule has 4 rings (SSSR count). The molecule has 0 radical (unpaired) electrons. The maximum absolute atomic E-state index is 15.3. The quantitative estimate of drug-likeness (QED) is 0.277. The van der Waals surface area contributed by atoms with Gasteiger partial charge in [-0.3, -0.25) is 4.90 Å². The van der Waals surface area contributed by atoms with Gasteiger partial charge in [0.1, 0.15) is 11.5 Å². The summed E-state index contributed by atoms with van der Waals surface area (Å²) in [6.45, 7) is 0. The largest absolute Gasteiger partial charge is 0.466 e. The van der Waals surface area contributed by atoms with Crippen molar-refractivity contribution in [2.24, 2.45) is 5.73 Å². The molecule has 43 heavy (non-hydrogen) atoms. The van der Waals surface area contributed by atoms with E-state index in [1.807, 2.05) is 6.07 Å². The third-order valence-electron chi connectivity index (χ3n) is 6.33. The standard InChI is InChI=1S/C29H19F6N3O5/c1-41-27(39)22-21(14-7-4-3-5-8-14)16(13-36)26(37)38(23(22)28(40)42-2)20-10-6-9-17(30)25(20)43-24-18(31)11-15(12-19(24)32)29(33,34)35/h3-12,21H,37H2,1-2H3. The molecule has 1 unspecified atom stereocenters. The van der Waals surface area contributed by atoms with Crippen LogP contribution in [0.5, 0.6) is 11.5 Å². The Kier molecular flexibility index (Phi) is 8.38. The second-order valence-electron chi connectivity index (χ2n) is 8.79. The number of hydrogen-bond acceptors (Lipinski definition) is 8. The summed E-state index contributed by atoms with van der Waals surface area (Å²) in [6.07, 6.45) is -5.11.